The monoisotopic (exact) mass is 429 g/mol. The molecule has 3 saturated heterocycles. The summed E-state index contributed by atoms with van der Waals surface area (Å²) in [5.41, 5.74) is 0. The van der Waals surface area contributed by atoms with E-state index in [9.17, 15) is 13.2 Å². The molecule has 3 fully saturated rings. The van der Waals surface area contributed by atoms with Crippen LogP contribution in [0.5, 0.6) is 5.75 Å². The van der Waals surface area contributed by atoms with Gasteiger partial charge in [0.25, 0.3) is 0 Å². The zero-order valence-electron chi connectivity index (χ0n) is 16.0. The molecule has 0 radical (unpaired) electrons. The molecule has 4 rings (SSSR count). The number of ether oxygens (including phenoxy) is 1. The summed E-state index contributed by atoms with van der Waals surface area (Å²) in [6.07, 6.45) is 3.60. The number of amides is 1. The maximum Gasteiger partial charge on any atom is 0.240 e. The lowest BCUT2D eigenvalue weighted by atomic mass is 9.72. The number of fused-ring (bicyclic) bond motifs is 4. The van der Waals surface area contributed by atoms with Crippen molar-refractivity contribution in [1.82, 2.24) is 14.9 Å². The third-order valence-corrected chi connectivity index (χ3v) is 7.69. The van der Waals surface area contributed by atoms with Crippen molar-refractivity contribution >= 4 is 28.3 Å². The van der Waals surface area contributed by atoms with Crippen molar-refractivity contribution in [1.29, 1.82) is 0 Å². The molecule has 2 N–H and O–H groups in total. The summed E-state index contributed by atoms with van der Waals surface area (Å²) in [6, 6.07) is 6.50. The Morgan fingerprint density at radius 3 is 2.64 bits per heavy atom. The van der Waals surface area contributed by atoms with Crippen molar-refractivity contribution in [3.8, 4) is 5.75 Å². The van der Waals surface area contributed by atoms with Gasteiger partial charge in [0.15, 0.2) is 0 Å². The third-order valence-electron chi connectivity index (χ3n) is 6.25. The van der Waals surface area contributed by atoms with Crippen molar-refractivity contribution in [2.45, 2.75) is 42.7 Å². The Bertz CT molecular complexity index is 802. The van der Waals surface area contributed by atoms with E-state index in [2.05, 4.69) is 10.0 Å². The van der Waals surface area contributed by atoms with Gasteiger partial charge in [-0.3, -0.25) is 4.79 Å². The molecule has 4 atom stereocenters. The second-order valence-corrected chi connectivity index (χ2v) is 9.54. The first-order valence-corrected chi connectivity index (χ1v) is 11.1. The summed E-state index contributed by atoms with van der Waals surface area (Å²) < 4.78 is 33.3. The van der Waals surface area contributed by atoms with Gasteiger partial charge >= 0.3 is 0 Å². The fraction of sp³-hybridized carbons (Fsp3) is 0.632. The number of piperidine rings is 3. The Balaban J connectivity index is 0.00000225. The van der Waals surface area contributed by atoms with E-state index in [0.29, 0.717) is 24.0 Å². The van der Waals surface area contributed by atoms with Crippen LogP contribution in [0.1, 0.15) is 25.7 Å². The minimum Gasteiger partial charge on any atom is -0.497 e. The highest BCUT2D eigenvalue weighted by Crippen LogP contribution is 2.39. The largest absolute Gasteiger partial charge is 0.497 e. The number of rotatable bonds is 5. The van der Waals surface area contributed by atoms with Crippen molar-refractivity contribution in [2.75, 3.05) is 26.7 Å². The molecule has 156 valence electrons. The van der Waals surface area contributed by atoms with Crippen molar-refractivity contribution < 1.29 is 17.9 Å². The van der Waals surface area contributed by atoms with E-state index in [-0.39, 0.29) is 41.8 Å². The zero-order valence-corrected chi connectivity index (χ0v) is 17.6. The van der Waals surface area contributed by atoms with Crippen LogP contribution in [0.25, 0.3) is 0 Å². The summed E-state index contributed by atoms with van der Waals surface area (Å²) >= 11 is 0. The molecule has 3 heterocycles. The molecular weight excluding hydrogens is 402 g/mol. The van der Waals surface area contributed by atoms with Crippen LogP contribution >= 0.6 is 12.4 Å². The topological polar surface area (TPSA) is 87.7 Å². The standard InChI is InChI=1S/C19H27N3O4S.ClH/c1-26-15-5-7-16(8-6-15)27(24,25)21-12-18-14-9-13(10-20-11-14)17-3-2-4-19(23)22(17)18;/h5-8,13-14,17-18,20-21H,2-4,9-12H2,1H3;1H/t13-,14+,17+,18+;/m1./s1. The van der Waals surface area contributed by atoms with Crippen LogP contribution in [0.15, 0.2) is 29.2 Å². The average Bonchev–Trinajstić information content (AvgIpc) is 2.69. The summed E-state index contributed by atoms with van der Waals surface area (Å²) in [7, 11) is -2.09. The Labute approximate surface area is 172 Å². The molecule has 7 nitrogen and oxygen atoms in total. The lowest BCUT2D eigenvalue weighted by Gasteiger charge is -2.54. The third kappa shape index (κ3) is 4.01. The van der Waals surface area contributed by atoms with E-state index in [1.165, 1.54) is 12.1 Å². The molecule has 1 amide bonds. The fourth-order valence-electron chi connectivity index (χ4n) is 4.93. The molecule has 3 aliphatic heterocycles. The molecule has 1 aromatic carbocycles. The molecule has 0 aromatic heterocycles. The van der Waals surface area contributed by atoms with E-state index < -0.39 is 10.0 Å². The number of nitrogens with one attached hydrogen (secondary N) is 2. The Kier molecular flexibility index (Phi) is 6.54. The first-order valence-electron chi connectivity index (χ1n) is 9.65. The zero-order chi connectivity index (χ0) is 19.0. The van der Waals surface area contributed by atoms with Gasteiger partial charge in [0, 0.05) is 25.0 Å². The van der Waals surface area contributed by atoms with Gasteiger partial charge in [-0.15, -0.1) is 12.4 Å². The number of methoxy groups -OCH3 is 1. The van der Waals surface area contributed by atoms with E-state index in [1.54, 1.807) is 19.2 Å². The SMILES string of the molecule is COc1ccc(S(=O)(=O)NC[C@H]2[C@@H]3CNC[C@@H](C3)[C@@H]3CCCC(=O)N32)cc1.Cl. The molecule has 0 unspecified atom stereocenters. The number of hydrogen-bond acceptors (Lipinski definition) is 5. The highest BCUT2D eigenvalue weighted by atomic mass is 35.5. The molecule has 2 bridgehead atoms. The normalized spacial score (nSPS) is 29.6. The highest BCUT2D eigenvalue weighted by molar-refractivity contribution is 7.89. The van der Waals surface area contributed by atoms with Gasteiger partial charge in [-0.2, -0.15) is 0 Å². The predicted molar refractivity (Wildman–Crippen MR) is 108 cm³/mol. The molecule has 0 spiro atoms. The van der Waals surface area contributed by atoms with Gasteiger partial charge in [-0.1, -0.05) is 0 Å². The van der Waals surface area contributed by atoms with Crippen LogP contribution in [0.3, 0.4) is 0 Å². The number of benzene rings is 1. The van der Waals surface area contributed by atoms with Gasteiger partial charge in [0.05, 0.1) is 12.0 Å². The lowest BCUT2D eigenvalue weighted by Crippen LogP contribution is -2.66. The number of carbonyl (C=O) groups excluding carboxylic acids is 1. The smallest absolute Gasteiger partial charge is 0.240 e. The Morgan fingerprint density at radius 2 is 1.93 bits per heavy atom. The molecule has 3 aliphatic rings. The van der Waals surface area contributed by atoms with Gasteiger partial charge in [-0.05, 0) is 68.5 Å². The average molecular weight is 430 g/mol. The fourth-order valence-corrected chi connectivity index (χ4v) is 5.98. The molecular formula is C19H28ClN3O4S. The number of hydrogen-bond donors (Lipinski definition) is 2. The van der Waals surface area contributed by atoms with Crippen molar-refractivity contribution in [2.24, 2.45) is 11.8 Å². The van der Waals surface area contributed by atoms with Gasteiger partial charge < -0.3 is 15.0 Å². The van der Waals surface area contributed by atoms with Crippen LogP contribution in [0.4, 0.5) is 0 Å². The summed E-state index contributed by atoms with van der Waals surface area (Å²) in [4.78, 5) is 14.9. The molecule has 0 saturated carbocycles. The van der Waals surface area contributed by atoms with Crippen LogP contribution in [0, 0.1) is 11.8 Å². The van der Waals surface area contributed by atoms with Crippen LogP contribution in [-0.2, 0) is 14.8 Å². The van der Waals surface area contributed by atoms with E-state index in [0.717, 1.165) is 32.4 Å². The summed E-state index contributed by atoms with van der Waals surface area (Å²) in [5.74, 6) is 1.57. The first-order chi connectivity index (χ1) is 13.0. The number of sulfonamides is 1. The minimum atomic E-state index is -3.63. The molecule has 9 heteroatoms. The van der Waals surface area contributed by atoms with Gasteiger partial charge in [-0.25, -0.2) is 13.1 Å². The highest BCUT2D eigenvalue weighted by Gasteiger charge is 2.47. The lowest BCUT2D eigenvalue weighted by molar-refractivity contribution is -0.148. The van der Waals surface area contributed by atoms with Gasteiger partial charge in [0.1, 0.15) is 5.75 Å². The van der Waals surface area contributed by atoms with Crippen LogP contribution in [0.2, 0.25) is 0 Å². The quantitative estimate of drug-likeness (QED) is 0.738. The molecule has 0 aliphatic carbocycles. The van der Waals surface area contributed by atoms with Crippen molar-refractivity contribution in [3.63, 3.8) is 0 Å². The Morgan fingerprint density at radius 1 is 1.21 bits per heavy atom. The second kappa shape index (κ2) is 8.57. The van der Waals surface area contributed by atoms with E-state index in [4.69, 9.17) is 4.74 Å². The number of nitrogens with zero attached hydrogens (tertiary/aromatic N) is 1. The molecule has 1 aromatic rings. The maximum absolute atomic E-state index is 12.7. The second-order valence-electron chi connectivity index (χ2n) is 7.77. The summed E-state index contributed by atoms with van der Waals surface area (Å²) in [5, 5.41) is 3.48. The predicted octanol–water partition coefficient (Wildman–Crippen LogP) is 1.38. The Hall–Kier alpha value is -1.35. The first kappa shape index (κ1) is 21.4. The van der Waals surface area contributed by atoms with Crippen molar-refractivity contribution in [3.05, 3.63) is 24.3 Å². The number of carbonyl (C=O) groups is 1. The van der Waals surface area contributed by atoms with E-state index >= 15 is 0 Å². The van der Waals surface area contributed by atoms with Crippen LogP contribution in [-0.4, -0.2) is 58.1 Å². The van der Waals surface area contributed by atoms with E-state index in [1.807, 2.05) is 4.90 Å². The molecule has 28 heavy (non-hydrogen) atoms. The van der Waals surface area contributed by atoms with Crippen LogP contribution < -0.4 is 14.8 Å². The maximum atomic E-state index is 12.7. The summed E-state index contributed by atoms with van der Waals surface area (Å²) in [6.45, 7) is 2.05. The minimum absolute atomic E-state index is 0. The number of halogens is 1. The van der Waals surface area contributed by atoms with Gasteiger partial charge in [0.2, 0.25) is 15.9 Å².